The molecule has 33 heavy (non-hydrogen) atoms. The average molecular weight is 567 g/mol. The highest BCUT2D eigenvalue weighted by molar-refractivity contribution is 9.10. The lowest BCUT2D eigenvalue weighted by Gasteiger charge is -2.37. The Labute approximate surface area is 209 Å². The monoisotopic (exact) mass is 565 g/mol. The van der Waals surface area contributed by atoms with Gasteiger partial charge >= 0.3 is 5.97 Å². The maximum Gasteiger partial charge on any atom is 0.338 e. The third kappa shape index (κ3) is 4.55. The summed E-state index contributed by atoms with van der Waals surface area (Å²) in [5.41, 5.74) is 4.34. The summed E-state index contributed by atoms with van der Waals surface area (Å²) in [6.45, 7) is -0.284. The Kier molecular flexibility index (Phi) is 6.21. The van der Waals surface area contributed by atoms with Crippen LogP contribution >= 0.6 is 31.9 Å². The van der Waals surface area contributed by atoms with Crippen molar-refractivity contribution in [2.24, 2.45) is 5.92 Å². The molecule has 0 aromatic heterocycles. The SMILES string of the molecule is O=C(COC(=O)c1ccc2c(c1)[C@@H]1C=CC[C@H]1[C@@H](c1ccc(Br)cc1)N2)c1ccc(Br)cc1. The molecule has 1 aliphatic heterocycles. The van der Waals surface area contributed by atoms with Crippen molar-refractivity contribution in [3.8, 4) is 0 Å². The van der Waals surface area contributed by atoms with Crippen LogP contribution in [0.4, 0.5) is 5.69 Å². The third-order valence-electron chi connectivity index (χ3n) is 6.33. The molecule has 0 saturated carbocycles. The van der Waals surface area contributed by atoms with E-state index in [2.05, 4.69) is 73.6 Å². The van der Waals surface area contributed by atoms with Gasteiger partial charge in [-0.25, -0.2) is 4.79 Å². The highest BCUT2D eigenvalue weighted by Gasteiger charge is 2.38. The molecule has 0 unspecified atom stereocenters. The lowest BCUT2D eigenvalue weighted by molar-refractivity contribution is 0.0474. The second-order valence-electron chi connectivity index (χ2n) is 8.34. The van der Waals surface area contributed by atoms with E-state index >= 15 is 0 Å². The van der Waals surface area contributed by atoms with Gasteiger partial charge in [-0.05, 0) is 65.9 Å². The van der Waals surface area contributed by atoms with Gasteiger partial charge in [0.2, 0.25) is 0 Å². The number of carbonyl (C=O) groups is 2. The molecule has 5 rings (SSSR count). The maximum atomic E-state index is 12.7. The van der Waals surface area contributed by atoms with Crippen LogP contribution in [0.25, 0.3) is 0 Å². The highest BCUT2D eigenvalue weighted by Crippen LogP contribution is 2.50. The Morgan fingerprint density at radius 3 is 2.30 bits per heavy atom. The molecule has 1 N–H and O–H groups in total. The summed E-state index contributed by atoms with van der Waals surface area (Å²) in [6.07, 6.45) is 5.44. The van der Waals surface area contributed by atoms with E-state index < -0.39 is 5.97 Å². The summed E-state index contributed by atoms with van der Waals surface area (Å²) >= 11 is 6.86. The Balaban J connectivity index is 1.33. The van der Waals surface area contributed by atoms with Gasteiger partial charge < -0.3 is 10.1 Å². The maximum absolute atomic E-state index is 12.7. The summed E-state index contributed by atoms with van der Waals surface area (Å²) in [4.78, 5) is 25.1. The Hall–Kier alpha value is -2.70. The van der Waals surface area contributed by atoms with Crippen LogP contribution in [-0.2, 0) is 4.74 Å². The topological polar surface area (TPSA) is 55.4 Å². The Morgan fingerprint density at radius 2 is 1.58 bits per heavy atom. The predicted octanol–water partition coefficient (Wildman–Crippen LogP) is 7.08. The number of halogens is 2. The predicted molar refractivity (Wildman–Crippen MR) is 136 cm³/mol. The first kappa shape index (κ1) is 22.1. The molecule has 0 amide bonds. The molecule has 1 aliphatic carbocycles. The van der Waals surface area contributed by atoms with Crippen LogP contribution in [0.3, 0.4) is 0 Å². The molecule has 1 heterocycles. The summed E-state index contributed by atoms with van der Waals surface area (Å²) in [5, 5.41) is 3.68. The molecule has 4 nitrogen and oxygen atoms in total. The van der Waals surface area contributed by atoms with Gasteiger partial charge in [-0.2, -0.15) is 0 Å². The minimum absolute atomic E-state index is 0.201. The molecular formula is C27H21Br2NO3. The van der Waals surface area contributed by atoms with Gasteiger partial charge in [0.05, 0.1) is 11.6 Å². The number of hydrogen-bond acceptors (Lipinski definition) is 4. The fraction of sp³-hybridized carbons (Fsp3) is 0.185. The fourth-order valence-electron chi connectivity index (χ4n) is 4.66. The molecule has 0 bridgehead atoms. The summed E-state index contributed by atoms with van der Waals surface area (Å²) in [7, 11) is 0. The molecular weight excluding hydrogens is 546 g/mol. The normalized spacial score (nSPS) is 20.5. The van der Waals surface area contributed by atoms with E-state index in [1.165, 1.54) is 5.56 Å². The zero-order valence-electron chi connectivity index (χ0n) is 17.6. The zero-order valence-corrected chi connectivity index (χ0v) is 20.8. The fourth-order valence-corrected chi connectivity index (χ4v) is 5.18. The molecule has 0 spiro atoms. The van der Waals surface area contributed by atoms with Crippen LogP contribution in [0.5, 0.6) is 0 Å². The van der Waals surface area contributed by atoms with Gasteiger partial charge in [-0.3, -0.25) is 4.79 Å². The summed E-state index contributed by atoms with van der Waals surface area (Å²) in [6, 6.07) is 21.2. The van der Waals surface area contributed by atoms with Gasteiger partial charge in [0, 0.05) is 26.1 Å². The number of anilines is 1. The van der Waals surface area contributed by atoms with E-state index in [9.17, 15) is 9.59 Å². The number of Topliss-reactive ketones (excluding diaryl/α,β-unsaturated/α-hetero) is 1. The highest BCUT2D eigenvalue weighted by atomic mass is 79.9. The van der Waals surface area contributed by atoms with E-state index in [4.69, 9.17) is 4.74 Å². The van der Waals surface area contributed by atoms with Crippen molar-refractivity contribution in [1.29, 1.82) is 0 Å². The Morgan fingerprint density at radius 1 is 0.909 bits per heavy atom. The number of allylic oxidation sites excluding steroid dienone is 2. The van der Waals surface area contributed by atoms with E-state index in [1.807, 2.05) is 12.1 Å². The third-order valence-corrected chi connectivity index (χ3v) is 7.39. The molecule has 0 radical (unpaired) electrons. The van der Waals surface area contributed by atoms with Crippen LogP contribution in [0, 0.1) is 5.92 Å². The number of fused-ring (bicyclic) bond motifs is 3. The van der Waals surface area contributed by atoms with E-state index in [0.29, 0.717) is 17.0 Å². The van der Waals surface area contributed by atoms with Crippen molar-refractivity contribution in [1.82, 2.24) is 0 Å². The van der Waals surface area contributed by atoms with Crippen molar-refractivity contribution in [3.63, 3.8) is 0 Å². The van der Waals surface area contributed by atoms with E-state index in [0.717, 1.165) is 26.6 Å². The lowest BCUT2D eigenvalue weighted by atomic mass is 9.76. The molecule has 166 valence electrons. The van der Waals surface area contributed by atoms with Crippen molar-refractivity contribution >= 4 is 49.3 Å². The largest absolute Gasteiger partial charge is 0.454 e. The first-order valence-electron chi connectivity index (χ1n) is 10.8. The lowest BCUT2D eigenvalue weighted by Crippen LogP contribution is -2.29. The second kappa shape index (κ2) is 9.27. The smallest absolute Gasteiger partial charge is 0.338 e. The van der Waals surface area contributed by atoms with Crippen LogP contribution in [0.15, 0.2) is 87.8 Å². The zero-order chi connectivity index (χ0) is 22.9. The first-order chi connectivity index (χ1) is 16.0. The van der Waals surface area contributed by atoms with Crippen LogP contribution in [0.2, 0.25) is 0 Å². The molecule has 0 saturated heterocycles. The van der Waals surface area contributed by atoms with Gasteiger partial charge in [0.25, 0.3) is 0 Å². The van der Waals surface area contributed by atoms with Gasteiger partial charge in [-0.1, -0.05) is 68.3 Å². The van der Waals surface area contributed by atoms with Crippen molar-refractivity contribution in [3.05, 3.63) is 110 Å². The van der Waals surface area contributed by atoms with Gasteiger partial charge in [0.15, 0.2) is 12.4 Å². The van der Waals surface area contributed by atoms with Gasteiger partial charge in [-0.15, -0.1) is 0 Å². The van der Waals surface area contributed by atoms with Crippen molar-refractivity contribution in [2.45, 2.75) is 18.4 Å². The second-order valence-corrected chi connectivity index (χ2v) is 10.2. The van der Waals surface area contributed by atoms with E-state index in [1.54, 1.807) is 30.3 Å². The molecule has 3 aromatic carbocycles. The number of rotatable bonds is 5. The molecule has 3 atom stereocenters. The minimum atomic E-state index is -0.489. The average Bonchev–Trinajstić information content (AvgIpc) is 3.33. The molecule has 3 aromatic rings. The molecule has 0 fully saturated rings. The van der Waals surface area contributed by atoms with Crippen LogP contribution in [0.1, 0.15) is 50.2 Å². The number of hydrogen-bond donors (Lipinski definition) is 1. The first-order valence-corrected chi connectivity index (χ1v) is 12.4. The van der Waals surface area contributed by atoms with Crippen molar-refractivity contribution < 1.29 is 14.3 Å². The standard InChI is InChI=1S/C27H21Br2NO3/c28-19-9-4-16(5-10-19)25(31)15-33-27(32)18-8-13-24-23(14-18)21-2-1-3-22(21)26(30-24)17-6-11-20(29)12-7-17/h1-2,4-14,21-22,26,30H,3,15H2/t21-,22-,26-/m1/s1. The Bertz CT molecular complexity index is 1240. The number of ether oxygens (including phenoxy) is 1. The van der Waals surface area contributed by atoms with Crippen LogP contribution < -0.4 is 5.32 Å². The van der Waals surface area contributed by atoms with Crippen molar-refractivity contribution in [2.75, 3.05) is 11.9 Å². The number of carbonyl (C=O) groups excluding carboxylic acids is 2. The molecule has 6 heteroatoms. The number of esters is 1. The summed E-state index contributed by atoms with van der Waals surface area (Å²) in [5.74, 6) is -0.112. The van der Waals surface area contributed by atoms with Gasteiger partial charge in [0.1, 0.15) is 0 Å². The summed E-state index contributed by atoms with van der Waals surface area (Å²) < 4.78 is 7.29. The number of ketones is 1. The van der Waals surface area contributed by atoms with E-state index in [-0.39, 0.29) is 24.3 Å². The molecule has 2 aliphatic rings. The number of benzene rings is 3. The minimum Gasteiger partial charge on any atom is -0.454 e. The quantitative estimate of drug-likeness (QED) is 0.204. The number of nitrogens with one attached hydrogen (secondary N) is 1. The van der Waals surface area contributed by atoms with Crippen LogP contribution in [-0.4, -0.2) is 18.4 Å².